The maximum Gasteiger partial charge on any atom is 0.433 e. The van der Waals surface area contributed by atoms with Gasteiger partial charge in [-0.1, -0.05) is 52.4 Å². The molecule has 24 heavy (non-hydrogen) atoms. The fraction of sp³-hybridized carbons (Fsp3) is 0.706. The standard InChI is InChI=1S/C17H25F3N2O2/c1-3-5-6-7-8-9-10-12(4-2)13-11-14(17(18,19)20)22-15(21-13)16(23)24/h11-12H,3-10H2,1-2H3,(H,23,24). The van der Waals surface area contributed by atoms with Crippen LogP contribution in [-0.2, 0) is 6.18 Å². The topological polar surface area (TPSA) is 63.1 Å². The average Bonchev–Trinajstić information content (AvgIpc) is 2.53. The summed E-state index contributed by atoms with van der Waals surface area (Å²) in [5, 5.41) is 8.96. The number of hydrogen-bond acceptors (Lipinski definition) is 3. The van der Waals surface area contributed by atoms with Gasteiger partial charge < -0.3 is 5.11 Å². The van der Waals surface area contributed by atoms with Crippen molar-refractivity contribution in [1.29, 1.82) is 0 Å². The molecule has 1 heterocycles. The van der Waals surface area contributed by atoms with E-state index in [1.165, 1.54) is 12.8 Å². The predicted molar refractivity (Wildman–Crippen MR) is 85.0 cm³/mol. The molecule has 1 unspecified atom stereocenters. The lowest BCUT2D eigenvalue weighted by Gasteiger charge is -2.16. The first-order valence-corrected chi connectivity index (χ1v) is 8.49. The maximum absolute atomic E-state index is 12.9. The SMILES string of the molecule is CCCCCCCCC(CC)c1cc(C(F)(F)F)nc(C(=O)O)n1. The zero-order chi connectivity index (χ0) is 18.2. The summed E-state index contributed by atoms with van der Waals surface area (Å²) in [5.74, 6) is -2.52. The molecule has 0 aliphatic heterocycles. The Bertz CT molecular complexity index is 533. The van der Waals surface area contributed by atoms with Crippen LogP contribution < -0.4 is 0 Å². The third-order valence-corrected chi connectivity index (χ3v) is 4.04. The van der Waals surface area contributed by atoms with Crippen molar-refractivity contribution in [1.82, 2.24) is 9.97 Å². The number of carboxylic acid groups (broad SMARTS) is 1. The van der Waals surface area contributed by atoms with Gasteiger partial charge in [-0.05, 0) is 18.9 Å². The minimum atomic E-state index is -4.68. The molecule has 7 heteroatoms. The molecule has 1 aromatic rings. The summed E-state index contributed by atoms with van der Waals surface area (Å²) >= 11 is 0. The largest absolute Gasteiger partial charge is 0.475 e. The third kappa shape index (κ3) is 6.45. The number of rotatable bonds is 10. The van der Waals surface area contributed by atoms with E-state index >= 15 is 0 Å². The van der Waals surface area contributed by atoms with Crippen LogP contribution in [0.25, 0.3) is 0 Å². The molecule has 0 bridgehead atoms. The second-order valence-electron chi connectivity index (χ2n) is 5.97. The van der Waals surface area contributed by atoms with Crippen molar-refractivity contribution in [2.45, 2.75) is 77.3 Å². The van der Waals surface area contributed by atoms with Gasteiger partial charge in [-0.25, -0.2) is 14.8 Å². The molecule has 0 spiro atoms. The molecular weight excluding hydrogens is 321 g/mol. The molecule has 1 atom stereocenters. The smallest absolute Gasteiger partial charge is 0.433 e. The number of halogens is 3. The summed E-state index contributed by atoms with van der Waals surface area (Å²) in [5.41, 5.74) is -1.02. The molecule has 4 nitrogen and oxygen atoms in total. The summed E-state index contributed by atoms with van der Waals surface area (Å²) < 4.78 is 38.8. The molecule has 0 saturated heterocycles. The van der Waals surface area contributed by atoms with Crippen molar-refractivity contribution >= 4 is 5.97 Å². The van der Waals surface area contributed by atoms with Gasteiger partial charge in [0.2, 0.25) is 5.82 Å². The van der Waals surface area contributed by atoms with Crippen LogP contribution in [0.4, 0.5) is 13.2 Å². The third-order valence-electron chi connectivity index (χ3n) is 4.04. The molecule has 0 radical (unpaired) electrons. The minimum absolute atomic E-state index is 0.172. The normalized spacial score (nSPS) is 13.0. The number of carbonyl (C=O) groups is 1. The monoisotopic (exact) mass is 346 g/mol. The van der Waals surface area contributed by atoms with Crippen molar-refractivity contribution in [3.8, 4) is 0 Å². The lowest BCUT2D eigenvalue weighted by atomic mass is 9.94. The van der Waals surface area contributed by atoms with E-state index in [0.29, 0.717) is 12.8 Å². The average molecular weight is 346 g/mol. The number of unbranched alkanes of at least 4 members (excludes halogenated alkanes) is 5. The van der Waals surface area contributed by atoms with Crippen LogP contribution in [0.2, 0.25) is 0 Å². The Hall–Kier alpha value is -1.66. The van der Waals surface area contributed by atoms with E-state index in [1.54, 1.807) is 0 Å². The molecule has 1 aromatic heterocycles. The summed E-state index contributed by atoms with van der Waals surface area (Å²) in [6.45, 7) is 4.01. The number of aromatic nitrogens is 2. The number of alkyl halides is 3. The number of hydrogen-bond donors (Lipinski definition) is 1. The summed E-state index contributed by atoms with van der Waals surface area (Å²) in [6.07, 6.45) is 3.20. The van der Waals surface area contributed by atoms with Gasteiger partial charge in [0, 0.05) is 11.6 Å². The highest BCUT2D eigenvalue weighted by Crippen LogP contribution is 2.31. The van der Waals surface area contributed by atoms with E-state index in [2.05, 4.69) is 16.9 Å². The van der Waals surface area contributed by atoms with E-state index < -0.39 is 23.7 Å². The van der Waals surface area contributed by atoms with E-state index in [1.807, 2.05) is 6.92 Å². The van der Waals surface area contributed by atoms with E-state index in [9.17, 15) is 18.0 Å². The quantitative estimate of drug-likeness (QED) is 0.573. The zero-order valence-corrected chi connectivity index (χ0v) is 14.2. The van der Waals surface area contributed by atoms with Gasteiger partial charge in [0.1, 0.15) is 5.69 Å². The Morgan fingerprint density at radius 3 is 2.29 bits per heavy atom. The van der Waals surface area contributed by atoms with Crippen LogP contribution in [0, 0.1) is 0 Å². The first-order valence-electron chi connectivity index (χ1n) is 8.49. The van der Waals surface area contributed by atoms with E-state index in [0.717, 1.165) is 31.7 Å². The molecule has 136 valence electrons. The first-order chi connectivity index (χ1) is 11.3. The van der Waals surface area contributed by atoms with E-state index in [-0.39, 0.29) is 11.6 Å². The molecule has 0 saturated carbocycles. The Labute approximate surface area is 140 Å². The van der Waals surface area contributed by atoms with Crippen molar-refractivity contribution in [2.24, 2.45) is 0 Å². The van der Waals surface area contributed by atoms with Gasteiger partial charge in [0.15, 0.2) is 0 Å². The van der Waals surface area contributed by atoms with Crippen molar-refractivity contribution in [3.63, 3.8) is 0 Å². The molecule has 0 aromatic carbocycles. The lowest BCUT2D eigenvalue weighted by molar-refractivity contribution is -0.141. The summed E-state index contributed by atoms with van der Waals surface area (Å²) in [7, 11) is 0. The highest BCUT2D eigenvalue weighted by molar-refractivity contribution is 5.83. The molecule has 0 amide bonds. The highest BCUT2D eigenvalue weighted by atomic mass is 19.4. The molecule has 1 N–H and O–H groups in total. The van der Waals surface area contributed by atoms with Crippen LogP contribution in [0.1, 0.15) is 93.1 Å². The second kappa shape index (κ2) is 9.59. The van der Waals surface area contributed by atoms with Crippen molar-refractivity contribution in [2.75, 3.05) is 0 Å². The van der Waals surface area contributed by atoms with E-state index in [4.69, 9.17) is 5.11 Å². The molecule has 1 rings (SSSR count). The fourth-order valence-corrected chi connectivity index (χ4v) is 2.65. The van der Waals surface area contributed by atoms with Crippen LogP contribution in [0.3, 0.4) is 0 Å². The molecular formula is C17H25F3N2O2. The van der Waals surface area contributed by atoms with Crippen molar-refractivity contribution < 1.29 is 23.1 Å². The van der Waals surface area contributed by atoms with Crippen LogP contribution in [-0.4, -0.2) is 21.0 Å². The second-order valence-corrected chi connectivity index (χ2v) is 5.97. The Kier molecular flexibility index (Phi) is 8.15. The zero-order valence-electron chi connectivity index (χ0n) is 14.2. The Balaban J connectivity index is 2.83. The maximum atomic E-state index is 12.9. The Morgan fingerprint density at radius 1 is 1.12 bits per heavy atom. The number of aromatic carboxylic acids is 1. The van der Waals surface area contributed by atoms with Crippen LogP contribution in [0.15, 0.2) is 6.07 Å². The number of carboxylic acids is 1. The van der Waals surface area contributed by atoms with Crippen LogP contribution >= 0.6 is 0 Å². The highest BCUT2D eigenvalue weighted by Gasteiger charge is 2.35. The van der Waals surface area contributed by atoms with Gasteiger partial charge >= 0.3 is 12.1 Å². The number of nitrogens with zero attached hydrogens (tertiary/aromatic N) is 2. The summed E-state index contributed by atoms with van der Waals surface area (Å²) in [6, 6.07) is 0.887. The Morgan fingerprint density at radius 2 is 1.75 bits per heavy atom. The molecule has 0 aliphatic carbocycles. The van der Waals surface area contributed by atoms with Crippen LogP contribution in [0.5, 0.6) is 0 Å². The first kappa shape index (κ1) is 20.4. The summed E-state index contributed by atoms with van der Waals surface area (Å²) in [4.78, 5) is 18.0. The predicted octanol–water partition coefficient (Wildman–Crippen LogP) is 5.44. The lowest BCUT2D eigenvalue weighted by Crippen LogP contribution is -2.16. The van der Waals surface area contributed by atoms with Gasteiger partial charge in [-0.2, -0.15) is 13.2 Å². The van der Waals surface area contributed by atoms with Crippen molar-refractivity contribution in [3.05, 3.63) is 23.3 Å². The van der Waals surface area contributed by atoms with Gasteiger partial charge in [0.05, 0.1) is 0 Å². The molecule has 0 fully saturated rings. The minimum Gasteiger partial charge on any atom is -0.475 e. The fourth-order valence-electron chi connectivity index (χ4n) is 2.65. The van der Waals surface area contributed by atoms with Gasteiger partial charge in [-0.3, -0.25) is 0 Å². The molecule has 0 aliphatic rings. The van der Waals surface area contributed by atoms with Gasteiger partial charge in [-0.15, -0.1) is 0 Å². The van der Waals surface area contributed by atoms with Gasteiger partial charge in [0.25, 0.3) is 0 Å².